The molecule has 26 heavy (non-hydrogen) atoms. The first kappa shape index (κ1) is 18.5. The van der Waals surface area contributed by atoms with E-state index in [1.807, 2.05) is 12.1 Å². The molecule has 5 nitrogen and oxygen atoms in total. The van der Waals surface area contributed by atoms with Gasteiger partial charge in [-0.3, -0.25) is 9.52 Å². The van der Waals surface area contributed by atoms with Crippen LogP contribution in [-0.4, -0.2) is 20.9 Å². The highest BCUT2D eigenvalue weighted by Gasteiger charge is 2.22. The summed E-state index contributed by atoms with van der Waals surface area (Å²) in [6, 6.07) is 13.8. The molecule has 0 saturated carbocycles. The number of carbonyl (C=O) groups is 1. The van der Waals surface area contributed by atoms with Gasteiger partial charge in [0, 0.05) is 24.3 Å². The fourth-order valence-electron chi connectivity index (χ4n) is 2.98. The van der Waals surface area contributed by atoms with E-state index < -0.39 is 10.0 Å². The lowest BCUT2D eigenvalue weighted by atomic mass is 9.87. The van der Waals surface area contributed by atoms with Crippen LogP contribution in [0.2, 0.25) is 0 Å². The molecule has 0 radical (unpaired) electrons. The predicted molar refractivity (Wildman–Crippen MR) is 104 cm³/mol. The lowest BCUT2D eigenvalue weighted by Gasteiger charge is -2.19. The van der Waals surface area contributed by atoms with Gasteiger partial charge in [-0.05, 0) is 53.8 Å². The van der Waals surface area contributed by atoms with Gasteiger partial charge in [0.15, 0.2) is 0 Å². The van der Waals surface area contributed by atoms with Crippen molar-refractivity contribution >= 4 is 27.3 Å². The van der Waals surface area contributed by atoms with Crippen molar-refractivity contribution in [3.05, 3.63) is 54.1 Å². The molecule has 1 aliphatic rings. The number of hydrogen-bond acceptors (Lipinski definition) is 3. The number of sulfonamides is 1. The molecular formula is C20H24N2O3S. The fourth-order valence-corrected chi connectivity index (χ4v) is 4.04. The zero-order valence-electron chi connectivity index (χ0n) is 15.3. The molecule has 0 atom stereocenters. The second-order valence-electron chi connectivity index (χ2n) is 7.58. The standard InChI is InChI=1S/C20H24N2O3S/c1-20(2,3)15-6-12-18(13-7-15)26(24,25)21-16-8-10-17(11-9-16)22-14-4-5-19(22)23/h6-13,21H,4-5,14H2,1-3H3. The number of anilines is 2. The number of carbonyl (C=O) groups excluding carboxylic acids is 1. The van der Waals surface area contributed by atoms with Crippen LogP contribution in [0, 0.1) is 0 Å². The van der Waals surface area contributed by atoms with Crippen molar-refractivity contribution in [3.63, 3.8) is 0 Å². The van der Waals surface area contributed by atoms with E-state index in [2.05, 4.69) is 25.5 Å². The van der Waals surface area contributed by atoms with E-state index in [1.54, 1.807) is 41.3 Å². The first-order valence-electron chi connectivity index (χ1n) is 8.71. The molecule has 1 heterocycles. The Hall–Kier alpha value is -2.34. The summed E-state index contributed by atoms with van der Waals surface area (Å²) in [6.45, 7) is 6.97. The van der Waals surface area contributed by atoms with Crippen molar-refractivity contribution in [2.75, 3.05) is 16.2 Å². The number of nitrogens with zero attached hydrogens (tertiary/aromatic N) is 1. The van der Waals surface area contributed by atoms with Crippen molar-refractivity contribution in [2.24, 2.45) is 0 Å². The highest BCUT2D eigenvalue weighted by atomic mass is 32.2. The zero-order chi connectivity index (χ0) is 18.9. The van der Waals surface area contributed by atoms with Crippen LogP contribution in [-0.2, 0) is 20.2 Å². The molecule has 0 spiro atoms. The minimum Gasteiger partial charge on any atom is -0.312 e. The Morgan fingerprint density at radius 1 is 0.962 bits per heavy atom. The van der Waals surface area contributed by atoms with E-state index in [0.29, 0.717) is 18.7 Å². The molecule has 1 fully saturated rings. The molecule has 2 aromatic rings. The van der Waals surface area contributed by atoms with Gasteiger partial charge in [-0.25, -0.2) is 8.42 Å². The third-order valence-electron chi connectivity index (χ3n) is 4.54. The zero-order valence-corrected chi connectivity index (χ0v) is 16.1. The second kappa shape index (κ2) is 6.76. The van der Waals surface area contributed by atoms with Crippen molar-refractivity contribution in [2.45, 2.75) is 43.9 Å². The molecule has 1 amide bonds. The third kappa shape index (κ3) is 3.90. The maximum Gasteiger partial charge on any atom is 0.261 e. The summed E-state index contributed by atoms with van der Waals surface area (Å²) in [5, 5.41) is 0. The minimum absolute atomic E-state index is 0.0292. The molecule has 0 bridgehead atoms. The summed E-state index contributed by atoms with van der Waals surface area (Å²) in [5.41, 5.74) is 2.32. The van der Waals surface area contributed by atoms with Crippen molar-refractivity contribution in [1.82, 2.24) is 0 Å². The average molecular weight is 372 g/mol. The summed E-state index contributed by atoms with van der Waals surface area (Å²) in [5.74, 6) is 0.109. The van der Waals surface area contributed by atoms with E-state index >= 15 is 0 Å². The van der Waals surface area contributed by atoms with Gasteiger partial charge < -0.3 is 4.90 Å². The van der Waals surface area contributed by atoms with Crippen LogP contribution < -0.4 is 9.62 Å². The van der Waals surface area contributed by atoms with E-state index in [1.165, 1.54) is 0 Å². The molecular weight excluding hydrogens is 348 g/mol. The Morgan fingerprint density at radius 2 is 1.58 bits per heavy atom. The Kier molecular flexibility index (Phi) is 4.80. The first-order valence-corrected chi connectivity index (χ1v) is 10.2. The number of rotatable bonds is 4. The quantitative estimate of drug-likeness (QED) is 0.885. The molecule has 1 aliphatic heterocycles. The SMILES string of the molecule is CC(C)(C)c1ccc(S(=O)(=O)Nc2ccc(N3CCCC3=O)cc2)cc1. The summed E-state index contributed by atoms with van der Waals surface area (Å²) in [4.78, 5) is 13.7. The van der Waals surface area contributed by atoms with Gasteiger partial charge in [0.05, 0.1) is 4.90 Å². The number of benzene rings is 2. The van der Waals surface area contributed by atoms with E-state index in [9.17, 15) is 13.2 Å². The molecule has 0 aliphatic carbocycles. The van der Waals surface area contributed by atoms with Crippen LogP contribution in [0.5, 0.6) is 0 Å². The van der Waals surface area contributed by atoms with E-state index in [0.717, 1.165) is 17.7 Å². The molecule has 0 aromatic heterocycles. The maximum absolute atomic E-state index is 12.6. The molecule has 1 N–H and O–H groups in total. The van der Waals surface area contributed by atoms with E-state index in [-0.39, 0.29) is 16.2 Å². The Morgan fingerprint density at radius 3 is 2.08 bits per heavy atom. The van der Waals surface area contributed by atoms with E-state index in [4.69, 9.17) is 0 Å². The predicted octanol–water partition coefficient (Wildman–Crippen LogP) is 3.91. The van der Waals surface area contributed by atoms with Gasteiger partial charge in [-0.2, -0.15) is 0 Å². The lowest BCUT2D eigenvalue weighted by Crippen LogP contribution is -2.23. The normalized spacial score (nSPS) is 15.3. The van der Waals surface area contributed by atoms with Crippen LogP contribution in [0.25, 0.3) is 0 Å². The van der Waals surface area contributed by atoms with Gasteiger partial charge >= 0.3 is 0 Å². The van der Waals surface area contributed by atoms with Crippen LogP contribution >= 0.6 is 0 Å². The lowest BCUT2D eigenvalue weighted by molar-refractivity contribution is -0.117. The second-order valence-corrected chi connectivity index (χ2v) is 9.26. The van der Waals surface area contributed by atoms with Crippen molar-refractivity contribution in [3.8, 4) is 0 Å². The average Bonchev–Trinajstić information content (AvgIpc) is 3.01. The van der Waals surface area contributed by atoms with Crippen LogP contribution in [0.1, 0.15) is 39.2 Å². The topological polar surface area (TPSA) is 66.5 Å². The van der Waals surface area contributed by atoms with Crippen molar-refractivity contribution < 1.29 is 13.2 Å². The highest BCUT2D eigenvalue weighted by Crippen LogP contribution is 2.26. The Bertz CT molecular complexity index is 896. The summed E-state index contributed by atoms with van der Waals surface area (Å²) < 4.78 is 27.8. The van der Waals surface area contributed by atoms with Gasteiger partial charge in [-0.15, -0.1) is 0 Å². The Balaban J connectivity index is 1.76. The molecule has 1 saturated heterocycles. The molecule has 138 valence electrons. The number of nitrogens with one attached hydrogen (secondary N) is 1. The monoisotopic (exact) mass is 372 g/mol. The van der Waals surface area contributed by atoms with Gasteiger partial charge in [0.25, 0.3) is 10.0 Å². The van der Waals surface area contributed by atoms with Gasteiger partial charge in [0.2, 0.25) is 5.91 Å². The molecule has 2 aromatic carbocycles. The maximum atomic E-state index is 12.6. The summed E-state index contributed by atoms with van der Waals surface area (Å²) in [7, 11) is -3.65. The summed E-state index contributed by atoms with van der Waals surface area (Å²) in [6.07, 6.45) is 1.43. The third-order valence-corrected chi connectivity index (χ3v) is 5.93. The molecule has 3 rings (SSSR count). The Labute approximate surface area is 155 Å². The van der Waals surface area contributed by atoms with Gasteiger partial charge in [-0.1, -0.05) is 32.9 Å². The molecule has 6 heteroatoms. The smallest absolute Gasteiger partial charge is 0.261 e. The molecule has 0 unspecified atom stereocenters. The first-order chi connectivity index (χ1) is 12.2. The van der Waals surface area contributed by atoms with Crippen LogP contribution in [0.4, 0.5) is 11.4 Å². The van der Waals surface area contributed by atoms with Crippen LogP contribution in [0.15, 0.2) is 53.4 Å². The summed E-state index contributed by atoms with van der Waals surface area (Å²) >= 11 is 0. The number of hydrogen-bond donors (Lipinski definition) is 1. The van der Waals surface area contributed by atoms with Crippen LogP contribution in [0.3, 0.4) is 0 Å². The minimum atomic E-state index is -3.65. The largest absolute Gasteiger partial charge is 0.312 e. The van der Waals surface area contributed by atoms with Crippen molar-refractivity contribution in [1.29, 1.82) is 0 Å². The van der Waals surface area contributed by atoms with Gasteiger partial charge in [0.1, 0.15) is 0 Å². The fraction of sp³-hybridized carbons (Fsp3) is 0.350. The number of amides is 1. The highest BCUT2D eigenvalue weighted by molar-refractivity contribution is 7.92.